The molecule has 6 heteroatoms. The fraction of sp³-hybridized carbons (Fsp3) is 0.400. The molecular weight excluding hydrogens is 215 g/mol. The summed E-state index contributed by atoms with van der Waals surface area (Å²) in [6, 6.07) is 0. The van der Waals surface area contributed by atoms with Crippen LogP contribution in [0.3, 0.4) is 0 Å². The van der Waals surface area contributed by atoms with Crippen LogP contribution in [0.5, 0.6) is 0 Å². The minimum atomic E-state index is -4.12. The summed E-state index contributed by atoms with van der Waals surface area (Å²) < 4.78 is 24.8. The normalized spacial score (nSPS) is 9.45. The first kappa shape index (κ1) is 13.1. The zero-order valence-corrected chi connectivity index (χ0v) is 8.19. The monoisotopic (exact) mass is 226 g/mol. The van der Waals surface area contributed by atoms with Gasteiger partial charge in [-0.3, -0.25) is 0 Å². The van der Waals surface area contributed by atoms with Gasteiger partial charge in [0, 0.05) is 5.57 Å². The van der Waals surface area contributed by atoms with Crippen LogP contribution >= 0.6 is 0 Å². The van der Waals surface area contributed by atoms with Crippen LogP contribution in [0.1, 0.15) is 6.92 Å². The second kappa shape index (κ2) is 5.18. The molecule has 0 bridgehead atoms. The van der Waals surface area contributed by atoms with Gasteiger partial charge >= 0.3 is 37.8 Å². The Hall–Kier alpha value is -0.512. The van der Waals surface area contributed by atoms with E-state index in [1.807, 2.05) is 0 Å². The van der Waals surface area contributed by atoms with Crippen molar-refractivity contribution in [1.29, 1.82) is 0 Å². The molecule has 0 aromatic carbocycles. The Labute approximate surface area is 67.4 Å². The van der Waals surface area contributed by atoms with Crippen LogP contribution in [0.25, 0.3) is 0 Å². The van der Waals surface area contributed by atoms with Crippen molar-refractivity contribution in [2.24, 2.45) is 0 Å². The minimum absolute atomic E-state index is 0.176. The molecule has 0 radical (unpaired) electrons. The van der Waals surface area contributed by atoms with E-state index >= 15 is 0 Å². The van der Waals surface area contributed by atoms with Crippen LogP contribution in [0.15, 0.2) is 12.2 Å². The zero-order valence-electron chi connectivity index (χ0n) is 6.31. The molecule has 0 saturated carbocycles. The molecule has 0 amide bonds. The summed E-state index contributed by atoms with van der Waals surface area (Å²) in [7, 11) is 0. The summed E-state index contributed by atoms with van der Waals surface area (Å²) in [6.07, 6.45) is 0. The predicted octanol–water partition coefficient (Wildman–Crippen LogP) is -0.383. The molecule has 0 aliphatic heterocycles. The van der Waals surface area contributed by atoms with Crippen LogP contribution in [-0.4, -0.2) is 33.4 Å². The maximum absolute atomic E-state index is 9.60. The Morgan fingerprint density at radius 2 is 1.55 bits per heavy atom. The molecular formula is C5H11AsO5. The van der Waals surface area contributed by atoms with Gasteiger partial charge < -0.3 is 5.11 Å². The number of rotatable bonds is 1. The topological polar surface area (TPSA) is 94.8 Å². The molecule has 0 fully saturated rings. The number of hydrogen-bond donors (Lipinski definition) is 3. The average molecular weight is 226 g/mol. The number of hydrogen-bond acceptors (Lipinski definition) is 2. The van der Waals surface area contributed by atoms with E-state index in [0.717, 1.165) is 5.71 Å². The summed E-state index contributed by atoms with van der Waals surface area (Å²) in [5.41, 5.74) is 1.09. The third-order valence-corrected chi connectivity index (χ3v) is 0.365. The number of aliphatic carboxylic acids is 1. The van der Waals surface area contributed by atoms with Gasteiger partial charge in [-0.1, -0.05) is 6.58 Å². The summed E-state index contributed by atoms with van der Waals surface area (Å²) in [6.45, 7) is 4.60. The Balaban J connectivity index is 0. The second-order valence-corrected chi connectivity index (χ2v) is 5.43. The fourth-order valence-electron chi connectivity index (χ4n) is 0. The second-order valence-electron chi connectivity index (χ2n) is 1.92. The van der Waals surface area contributed by atoms with Gasteiger partial charge in [-0.25, -0.2) is 4.79 Å². The van der Waals surface area contributed by atoms with Gasteiger partial charge in [0.1, 0.15) is 0 Å². The molecule has 0 unspecified atom stereocenters. The van der Waals surface area contributed by atoms with Crippen molar-refractivity contribution in [3.63, 3.8) is 0 Å². The summed E-state index contributed by atoms with van der Waals surface area (Å²) in [5, 5.41) is 7.89. The van der Waals surface area contributed by atoms with E-state index in [1.165, 1.54) is 6.92 Å². The third-order valence-electron chi connectivity index (χ3n) is 0.365. The van der Waals surface area contributed by atoms with Gasteiger partial charge in [0.25, 0.3) is 0 Å². The first-order chi connectivity index (χ1) is 4.64. The predicted molar refractivity (Wildman–Crippen MR) is 39.2 cm³/mol. The first-order valence-corrected chi connectivity index (χ1v) is 6.88. The van der Waals surface area contributed by atoms with Crippen LogP contribution in [0.2, 0.25) is 5.71 Å². The van der Waals surface area contributed by atoms with Gasteiger partial charge in [0.15, 0.2) is 0 Å². The standard InChI is InChI=1S/C4H6O2.CH5AsO3/c1-3(2)4(5)6;1-2(3,4)5/h1H2,2H3,(H,5,6);1H3,(H2,3,4,5). The molecule has 0 aromatic rings. The molecule has 11 heavy (non-hydrogen) atoms. The SMILES string of the molecule is C=C(C)C(=O)O.C[As](=O)(O)O. The van der Waals surface area contributed by atoms with Crippen molar-refractivity contribution in [2.45, 2.75) is 12.6 Å². The van der Waals surface area contributed by atoms with Crippen molar-refractivity contribution in [3.8, 4) is 0 Å². The van der Waals surface area contributed by atoms with Gasteiger partial charge in [0.2, 0.25) is 0 Å². The zero-order chi connectivity index (χ0) is 9.65. The molecule has 66 valence electrons. The molecule has 0 aromatic heterocycles. The molecule has 5 nitrogen and oxygen atoms in total. The molecule has 0 aliphatic carbocycles. The molecule has 0 aliphatic rings. The van der Waals surface area contributed by atoms with Crippen molar-refractivity contribution >= 4 is 20.1 Å². The molecule has 0 saturated heterocycles. The number of carbonyl (C=O) groups is 1. The van der Waals surface area contributed by atoms with Gasteiger partial charge in [0.05, 0.1) is 0 Å². The van der Waals surface area contributed by atoms with Gasteiger partial charge in [-0.15, -0.1) is 0 Å². The van der Waals surface area contributed by atoms with E-state index in [-0.39, 0.29) is 5.57 Å². The van der Waals surface area contributed by atoms with Crippen LogP contribution in [0, 0.1) is 0 Å². The Morgan fingerprint density at radius 1 is 1.45 bits per heavy atom. The van der Waals surface area contributed by atoms with E-state index in [4.69, 9.17) is 13.3 Å². The van der Waals surface area contributed by atoms with Crippen molar-refractivity contribution in [3.05, 3.63) is 12.2 Å². The molecule has 0 heterocycles. The van der Waals surface area contributed by atoms with E-state index in [2.05, 4.69) is 6.58 Å². The molecule has 0 atom stereocenters. The van der Waals surface area contributed by atoms with Crippen molar-refractivity contribution < 1.29 is 21.8 Å². The fourth-order valence-corrected chi connectivity index (χ4v) is 0. The Bertz CT molecular complexity index is 171. The molecule has 0 spiro atoms. The average Bonchev–Trinajstić information content (AvgIpc) is 1.59. The van der Waals surface area contributed by atoms with Gasteiger partial charge in [-0.2, -0.15) is 0 Å². The molecule has 3 N–H and O–H groups in total. The van der Waals surface area contributed by atoms with Crippen molar-refractivity contribution in [2.75, 3.05) is 0 Å². The maximum atomic E-state index is 9.60. The third kappa shape index (κ3) is 43.7. The Morgan fingerprint density at radius 3 is 1.55 bits per heavy atom. The summed E-state index contributed by atoms with van der Waals surface area (Å²) >= 11 is -4.12. The first-order valence-electron chi connectivity index (χ1n) is 2.56. The van der Waals surface area contributed by atoms with Crippen LogP contribution < -0.4 is 0 Å². The van der Waals surface area contributed by atoms with Crippen LogP contribution in [-0.2, 0) is 8.53 Å². The number of carboxylic acids is 1. The number of carboxylic acid groups (broad SMARTS) is 1. The molecule has 0 rings (SSSR count). The van der Waals surface area contributed by atoms with E-state index < -0.39 is 20.1 Å². The summed E-state index contributed by atoms with van der Waals surface area (Å²) in [4.78, 5) is 9.60. The quantitative estimate of drug-likeness (QED) is 0.418. The van der Waals surface area contributed by atoms with E-state index in [1.54, 1.807) is 0 Å². The van der Waals surface area contributed by atoms with E-state index in [0.29, 0.717) is 0 Å². The van der Waals surface area contributed by atoms with Crippen LogP contribution in [0.4, 0.5) is 0 Å². The van der Waals surface area contributed by atoms with E-state index in [9.17, 15) is 8.53 Å². The van der Waals surface area contributed by atoms with Gasteiger partial charge in [-0.05, 0) is 6.92 Å². The van der Waals surface area contributed by atoms with Crippen molar-refractivity contribution in [1.82, 2.24) is 0 Å². The summed E-state index contributed by atoms with van der Waals surface area (Å²) in [5.74, 6) is -0.935. The Kier molecular flexibility index (Phi) is 6.17.